The van der Waals surface area contributed by atoms with Crippen LogP contribution in [0.1, 0.15) is 19.3 Å². The van der Waals surface area contributed by atoms with E-state index in [1.54, 1.807) is 12.2 Å². The van der Waals surface area contributed by atoms with Crippen LogP contribution in [-0.2, 0) is 4.79 Å². The molecule has 11 heteroatoms. The van der Waals surface area contributed by atoms with Crippen LogP contribution in [0.25, 0.3) is 0 Å². The summed E-state index contributed by atoms with van der Waals surface area (Å²) in [5.41, 5.74) is 4.09. The van der Waals surface area contributed by atoms with Gasteiger partial charge in [-0.15, -0.1) is 0 Å². The monoisotopic (exact) mass is 446 g/mol. The molecule has 0 aromatic carbocycles. The van der Waals surface area contributed by atoms with Crippen molar-refractivity contribution in [3.63, 3.8) is 0 Å². The zero-order chi connectivity index (χ0) is 23.4. The lowest BCUT2D eigenvalue weighted by Crippen LogP contribution is -2.52. The number of carbonyl (C=O) groups excluding carboxylic acids is 1. The normalized spacial score (nSPS) is 23.3. The first kappa shape index (κ1) is 24.4. The average molecular weight is 446 g/mol. The highest BCUT2D eigenvalue weighted by molar-refractivity contribution is 6.02. The van der Waals surface area contributed by atoms with Gasteiger partial charge in [0.25, 0.3) is 0 Å². The summed E-state index contributed by atoms with van der Waals surface area (Å²) in [6.07, 6.45) is -2.69. The van der Waals surface area contributed by atoms with Crippen molar-refractivity contribution >= 4 is 11.6 Å². The number of carbonyl (C=O) groups is 1. The Hall–Kier alpha value is -2.87. The van der Waals surface area contributed by atoms with E-state index in [9.17, 15) is 31.1 Å². The third kappa shape index (κ3) is 6.55. The first-order chi connectivity index (χ1) is 14.3. The topological polar surface area (TPSA) is 103 Å². The zero-order valence-corrected chi connectivity index (χ0v) is 16.1. The fourth-order valence-electron chi connectivity index (χ4n) is 3.23. The summed E-state index contributed by atoms with van der Waals surface area (Å²) in [6.45, 7) is 0. The summed E-state index contributed by atoms with van der Waals surface area (Å²) in [4.78, 5) is 12.2. The molecule has 1 amide bonds. The van der Waals surface area contributed by atoms with Crippen LogP contribution in [0.15, 0.2) is 47.6 Å². The minimum absolute atomic E-state index is 0.0743. The average Bonchev–Trinajstić information content (AvgIpc) is 2.70. The molecule has 4 atom stereocenters. The number of nitriles is 1. The molecular formula is C20H20F6N4O. The lowest BCUT2D eigenvalue weighted by Gasteiger charge is -2.33. The third-order valence-corrected chi connectivity index (χ3v) is 4.99. The lowest BCUT2D eigenvalue weighted by molar-refractivity contribution is -0.121. The standard InChI is InChI=1S/C20H20F6N4O/c21-19(22,23)14-7-5-12(6-8-14)17(29)18(13-3-1-11(10-27)2-4-13)30-16(31)9-15(28)20(24,25)26/h1,3-5,7-8,11-12,17-18,28H,2,6,9,29H2,(H,30,31). The Balaban J connectivity index is 2.20. The number of alkyl halides is 6. The number of amides is 1. The Morgan fingerprint density at radius 1 is 1.19 bits per heavy atom. The molecule has 0 heterocycles. The molecule has 0 aromatic rings. The van der Waals surface area contributed by atoms with Crippen molar-refractivity contribution in [2.24, 2.45) is 17.6 Å². The third-order valence-electron chi connectivity index (χ3n) is 4.99. The van der Waals surface area contributed by atoms with Crippen molar-refractivity contribution in [1.82, 2.24) is 5.32 Å². The number of hydrogen-bond acceptors (Lipinski definition) is 4. The molecule has 2 aliphatic carbocycles. The molecule has 0 saturated carbocycles. The first-order valence-electron chi connectivity index (χ1n) is 9.26. The van der Waals surface area contributed by atoms with Crippen LogP contribution in [0.5, 0.6) is 0 Å². The maximum Gasteiger partial charge on any atom is 0.429 e. The van der Waals surface area contributed by atoms with Gasteiger partial charge in [-0.1, -0.05) is 36.5 Å². The van der Waals surface area contributed by atoms with E-state index in [-0.39, 0.29) is 6.42 Å². The van der Waals surface area contributed by atoms with Crippen LogP contribution < -0.4 is 11.1 Å². The van der Waals surface area contributed by atoms with Gasteiger partial charge >= 0.3 is 12.4 Å². The van der Waals surface area contributed by atoms with Crippen molar-refractivity contribution in [2.75, 3.05) is 0 Å². The summed E-state index contributed by atoms with van der Waals surface area (Å²) in [7, 11) is 0. The van der Waals surface area contributed by atoms with E-state index in [0.29, 0.717) is 12.0 Å². The van der Waals surface area contributed by atoms with Crippen molar-refractivity contribution in [3.8, 4) is 6.07 Å². The molecule has 0 spiro atoms. The van der Waals surface area contributed by atoms with E-state index in [0.717, 1.165) is 12.2 Å². The smallest absolute Gasteiger partial charge is 0.347 e. The highest BCUT2D eigenvalue weighted by atomic mass is 19.4. The van der Waals surface area contributed by atoms with Gasteiger partial charge in [0, 0.05) is 6.04 Å². The summed E-state index contributed by atoms with van der Waals surface area (Å²) >= 11 is 0. The second kappa shape index (κ2) is 9.51. The molecule has 2 aliphatic rings. The van der Waals surface area contributed by atoms with Crippen molar-refractivity contribution in [2.45, 2.75) is 43.7 Å². The van der Waals surface area contributed by atoms with Gasteiger partial charge in [0.15, 0.2) is 0 Å². The zero-order valence-electron chi connectivity index (χ0n) is 16.1. The molecular weight excluding hydrogens is 426 g/mol. The Labute approximate surface area is 174 Å². The molecule has 5 nitrogen and oxygen atoms in total. The van der Waals surface area contributed by atoms with Crippen LogP contribution in [0, 0.1) is 28.6 Å². The molecule has 31 heavy (non-hydrogen) atoms. The van der Waals surface area contributed by atoms with Gasteiger partial charge in [-0.3, -0.25) is 4.79 Å². The van der Waals surface area contributed by atoms with Crippen molar-refractivity contribution in [1.29, 1.82) is 10.7 Å². The molecule has 0 saturated heterocycles. The van der Waals surface area contributed by atoms with Crippen molar-refractivity contribution in [3.05, 3.63) is 47.6 Å². The Morgan fingerprint density at radius 3 is 2.32 bits per heavy atom. The Kier molecular flexibility index (Phi) is 7.49. The molecule has 0 radical (unpaired) electrons. The van der Waals surface area contributed by atoms with Crippen LogP contribution >= 0.6 is 0 Å². The molecule has 168 valence electrons. The van der Waals surface area contributed by atoms with Gasteiger partial charge in [-0.25, -0.2) is 0 Å². The summed E-state index contributed by atoms with van der Waals surface area (Å²) < 4.78 is 76.2. The number of nitrogens with zero attached hydrogens (tertiary/aromatic N) is 1. The summed E-state index contributed by atoms with van der Waals surface area (Å²) in [6, 6.07) is 0.0583. The Bertz CT molecular complexity index is 876. The highest BCUT2D eigenvalue weighted by Gasteiger charge is 2.38. The Morgan fingerprint density at radius 2 is 1.87 bits per heavy atom. The van der Waals surface area contributed by atoms with E-state index < -0.39 is 59.9 Å². The number of allylic oxidation sites excluding steroid dienone is 5. The SMILES string of the molecule is N#CC1C=CC(C(NC(=O)CC(=N)C(F)(F)F)C(N)C2C=CC(C(F)(F)F)=CC2)=CC1. The van der Waals surface area contributed by atoms with Gasteiger partial charge in [0.1, 0.15) is 5.71 Å². The van der Waals surface area contributed by atoms with E-state index in [2.05, 4.69) is 5.32 Å². The largest absolute Gasteiger partial charge is 0.429 e. The van der Waals surface area contributed by atoms with Crippen LogP contribution in [0.3, 0.4) is 0 Å². The number of nitrogens with one attached hydrogen (secondary N) is 2. The number of hydrogen-bond donors (Lipinski definition) is 3. The van der Waals surface area contributed by atoms with E-state index in [1.807, 2.05) is 6.07 Å². The van der Waals surface area contributed by atoms with Crippen LogP contribution in [0.2, 0.25) is 0 Å². The van der Waals surface area contributed by atoms with Crippen LogP contribution in [-0.4, -0.2) is 36.1 Å². The highest BCUT2D eigenvalue weighted by Crippen LogP contribution is 2.33. The molecule has 2 rings (SSSR count). The lowest BCUT2D eigenvalue weighted by atomic mass is 9.82. The second-order valence-electron chi connectivity index (χ2n) is 7.23. The van der Waals surface area contributed by atoms with E-state index >= 15 is 0 Å². The van der Waals surface area contributed by atoms with Gasteiger partial charge in [-0.2, -0.15) is 31.6 Å². The fraction of sp³-hybridized carbons (Fsp3) is 0.450. The molecule has 4 unspecified atom stereocenters. The molecule has 0 fully saturated rings. The van der Waals surface area contributed by atoms with Crippen molar-refractivity contribution < 1.29 is 31.1 Å². The summed E-state index contributed by atoms with van der Waals surface area (Å²) in [5, 5.41) is 18.3. The molecule has 0 aliphatic heterocycles. The predicted molar refractivity (Wildman–Crippen MR) is 101 cm³/mol. The van der Waals surface area contributed by atoms with Gasteiger partial charge in [0.05, 0.1) is 30.0 Å². The van der Waals surface area contributed by atoms with Gasteiger partial charge in [0.2, 0.25) is 5.91 Å². The molecule has 0 bridgehead atoms. The van der Waals surface area contributed by atoms with Crippen LogP contribution in [0.4, 0.5) is 26.3 Å². The fourth-order valence-corrected chi connectivity index (χ4v) is 3.23. The van der Waals surface area contributed by atoms with E-state index in [4.69, 9.17) is 16.4 Å². The molecule has 4 N–H and O–H groups in total. The first-order valence-corrected chi connectivity index (χ1v) is 9.26. The van der Waals surface area contributed by atoms with Gasteiger partial charge in [-0.05, 0) is 24.3 Å². The quantitative estimate of drug-likeness (QED) is 0.426. The maximum atomic E-state index is 12.8. The minimum atomic E-state index is -4.95. The minimum Gasteiger partial charge on any atom is -0.347 e. The maximum absolute atomic E-state index is 12.8. The van der Waals surface area contributed by atoms with Gasteiger partial charge < -0.3 is 16.5 Å². The second-order valence-corrected chi connectivity index (χ2v) is 7.23. The number of rotatable bonds is 6. The predicted octanol–water partition coefficient (Wildman–Crippen LogP) is 3.86. The number of halogens is 6. The number of nitrogens with two attached hydrogens (primary N) is 1. The summed E-state index contributed by atoms with van der Waals surface area (Å²) in [5.74, 6) is -2.13. The van der Waals surface area contributed by atoms with E-state index in [1.165, 1.54) is 12.2 Å². The molecule has 0 aromatic heterocycles.